The Balaban J connectivity index is 1.32. The number of fused-ring (bicyclic) bond motifs is 4. The van der Waals surface area contributed by atoms with E-state index in [1.54, 1.807) is 14.2 Å². The van der Waals surface area contributed by atoms with Crippen LogP contribution in [-0.2, 0) is 32.6 Å². The van der Waals surface area contributed by atoms with E-state index in [2.05, 4.69) is 41.4 Å². The maximum absolute atomic E-state index is 13.9. The summed E-state index contributed by atoms with van der Waals surface area (Å²) in [6.45, 7) is 5.30. The summed E-state index contributed by atoms with van der Waals surface area (Å²) >= 11 is 0. The molecule has 2 amide bonds. The molecule has 4 atom stereocenters. The largest absolute Gasteiger partial charge is 0.493 e. The van der Waals surface area contributed by atoms with E-state index < -0.39 is 0 Å². The molecule has 8 nitrogen and oxygen atoms in total. The fourth-order valence-corrected chi connectivity index (χ4v) is 8.06. The lowest BCUT2D eigenvalue weighted by Crippen LogP contribution is -2.49. The minimum Gasteiger partial charge on any atom is -0.493 e. The molecule has 6 rings (SSSR count). The van der Waals surface area contributed by atoms with Crippen molar-refractivity contribution in [3.63, 3.8) is 0 Å². The maximum atomic E-state index is 13.9. The van der Waals surface area contributed by atoms with Crippen LogP contribution < -0.4 is 14.8 Å². The molecule has 3 aliphatic rings. The van der Waals surface area contributed by atoms with Gasteiger partial charge in [-0.3, -0.25) is 4.90 Å². The second-order valence-electron chi connectivity index (χ2n) is 12.8. The van der Waals surface area contributed by atoms with Gasteiger partial charge in [0.15, 0.2) is 11.5 Å². The van der Waals surface area contributed by atoms with E-state index in [-0.39, 0.29) is 31.3 Å². The Morgan fingerprint density at radius 1 is 0.889 bits per heavy atom. The normalized spacial score (nSPS) is 22.6. The van der Waals surface area contributed by atoms with Crippen molar-refractivity contribution in [3.05, 3.63) is 93.5 Å². The van der Waals surface area contributed by atoms with Crippen LogP contribution in [0.25, 0.3) is 0 Å². The molecule has 1 fully saturated rings. The van der Waals surface area contributed by atoms with Crippen molar-refractivity contribution in [2.45, 2.75) is 70.9 Å². The van der Waals surface area contributed by atoms with Gasteiger partial charge in [-0.1, -0.05) is 55.8 Å². The maximum Gasteiger partial charge on any atom is 0.318 e. The van der Waals surface area contributed by atoms with Crippen LogP contribution >= 0.6 is 0 Å². The Morgan fingerprint density at radius 2 is 1.58 bits per heavy atom. The molecule has 0 spiro atoms. The number of aliphatic hydroxyl groups excluding tert-OH is 2. The molecule has 240 valence electrons. The Kier molecular flexibility index (Phi) is 9.64. The molecule has 1 saturated heterocycles. The second kappa shape index (κ2) is 13.8. The molecular formula is C37H47N3O5. The summed E-state index contributed by atoms with van der Waals surface area (Å²) < 4.78 is 11.4. The van der Waals surface area contributed by atoms with Crippen LogP contribution in [0.1, 0.15) is 77.2 Å². The number of ether oxygens (including phenoxy) is 2. The van der Waals surface area contributed by atoms with Gasteiger partial charge in [0.2, 0.25) is 0 Å². The molecule has 0 aromatic heterocycles. The SMILES string of the molecule is CCC1CN2CCc3cc(CO)c(CO)cc3C2CC1CC1c2cc(OC)c(OC)cc2CCN1C(=O)NCc1ccccc1. The van der Waals surface area contributed by atoms with Gasteiger partial charge in [-0.15, -0.1) is 0 Å². The molecule has 8 heteroatoms. The third-order valence-electron chi connectivity index (χ3n) is 10.5. The van der Waals surface area contributed by atoms with Crippen molar-refractivity contribution in [1.82, 2.24) is 15.1 Å². The predicted octanol–water partition coefficient (Wildman–Crippen LogP) is 5.53. The first kappa shape index (κ1) is 31.4. The second-order valence-corrected chi connectivity index (χ2v) is 12.8. The first-order valence-corrected chi connectivity index (χ1v) is 16.4. The molecule has 3 aromatic rings. The van der Waals surface area contributed by atoms with Gasteiger partial charge in [-0.05, 0) is 88.6 Å². The van der Waals surface area contributed by atoms with Crippen LogP contribution in [0.2, 0.25) is 0 Å². The zero-order valence-corrected chi connectivity index (χ0v) is 26.8. The molecular weight excluding hydrogens is 566 g/mol. The average Bonchev–Trinajstić information content (AvgIpc) is 3.09. The van der Waals surface area contributed by atoms with Crippen molar-refractivity contribution in [3.8, 4) is 11.5 Å². The monoisotopic (exact) mass is 613 g/mol. The average molecular weight is 614 g/mol. The summed E-state index contributed by atoms with van der Waals surface area (Å²) in [6.07, 6.45) is 4.65. The topological polar surface area (TPSA) is 94.5 Å². The standard InChI is InChI=1S/C37H47N3O5/c1-4-25-21-39-12-10-26-14-29(22-41)30(23-42)15-31(26)33(39)16-28(25)17-34-32-19-36(45-3)35(44-2)18-27(32)11-13-40(34)37(43)38-20-24-8-6-5-7-9-24/h5-9,14-15,18-19,25,28,33-34,41-42H,4,10-13,16-17,20-23H2,1-3H3,(H,38,43). The van der Waals surface area contributed by atoms with E-state index in [1.165, 1.54) is 16.7 Å². The van der Waals surface area contributed by atoms with Crippen molar-refractivity contribution in [2.24, 2.45) is 11.8 Å². The van der Waals surface area contributed by atoms with Gasteiger partial charge in [-0.25, -0.2) is 4.79 Å². The van der Waals surface area contributed by atoms with E-state index in [4.69, 9.17) is 9.47 Å². The molecule has 3 heterocycles. The predicted molar refractivity (Wildman–Crippen MR) is 174 cm³/mol. The molecule has 0 radical (unpaired) electrons. The number of rotatable bonds is 9. The highest BCUT2D eigenvalue weighted by Crippen LogP contribution is 2.48. The number of urea groups is 1. The smallest absolute Gasteiger partial charge is 0.318 e. The van der Waals surface area contributed by atoms with Crippen molar-refractivity contribution < 1.29 is 24.5 Å². The zero-order chi connectivity index (χ0) is 31.5. The number of aliphatic hydroxyl groups is 2. The minimum atomic E-state index is -0.0947. The summed E-state index contributed by atoms with van der Waals surface area (Å²) in [5.41, 5.74) is 7.64. The lowest BCUT2D eigenvalue weighted by atomic mass is 9.72. The highest BCUT2D eigenvalue weighted by atomic mass is 16.5. The number of hydrogen-bond acceptors (Lipinski definition) is 6. The van der Waals surface area contributed by atoms with Crippen LogP contribution in [0.5, 0.6) is 11.5 Å². The molecule has 45 heavy (non-hydrogen) atoms. The third-order valence-corrected chi connectivity index (χ3v) is 10.5. The molecule has 0 aliphatic carbocycles. The quantitative estimate of drug-likeness (QED) is 0.294. The fourth-order valence-electron chi connectivity index (χ4n) is 8.06. The van der Waals surface area contributed by atoms with Crippen LogP contribution in [0.15, 0.2) is 54.6 Å². The van der Waals surface area contributed by atoms with Crippen molar-refractivity contribution in [1.29, 1.82) is 0 Å². The van der Waals surface area contributed by atoms with Crippen LogP contribution in [0.4, 0.5) is 4.79 Å². The number of benzene rings is 3. The van der Waals surface area contributed by atoms with E-state index in [0.29, 0.717) is 30.7 Å². The van der Waals surface area contributed by atoms with Gasteiger partial charge in [0.05, 0.1) is 33.5 Å². The number of nitrogens with one attached hydrogen (secondary N) is 1. The lowest BCUT2D eigenvalue weighted by Gasteiger charge is -2.49. The molecule has 3 N–H and O–H groups in total. The van der Waals surface area contributed by atoms with E-state index in [1.807, 2.05) is 35.2 Å². The molecule has 3 aromatic carbocycles. The third kappa shape index (κ3) is 6.28. The van der Waals surface area contributed by atoms with Gasteiger partial charge in [0, 0.05) is 32.2 Å². The molecule has 0 saturated carbocycles. The number of amides is 2. The number of hydrogen-bond donors (Lipinski definition) is 3. The zero-order valence-electron chi connectivity index (χ0n) is 26.8. The van der Waals surface area contributed by atoms with Gasteiger partial charge in [-0.2, -0.15) is 0 Å². The number of carbonyl (C=O) groups excluding carboxylic acids is 1. The van der Waals surface area contributed by atoms with E-state index in [9.17, 15) is 15.0 Å². The highest BCUT2D eigenvalue weighted by molar-refractivity contribution is 5.75. The lowest BCUT2D eigenvalue weighted by molar-refractivity contribution is 0.0351. The molecule has 3 aliphatic heterocycles. The fraction of sp³-hybridized carbons (Fsp3) is 0.486. The van der Waals surface area contributed by atoms with Crippen molar-refractivity contribution in [2.75, 3.05) is 33.9 Å². The summed E-state index contributed by atoms with van der Waals surface area (Å²) in [7, 11) is 3.33. The number of nitrogens with zero attached hydrogens (tertiary/aromatic N) is 2. The van der Waals surface area contributed by atoms with Gasteiger partial charge in [0.1, 0.15) is 0 Å². The Morgan fingerprint density at radius 3 is 2.29 bits per heavy atom. The number of methoxy groups -OCH3 is 2. The summed E-state index contributed by atoms with van der Waals surface area (Å²) in [6, 6.07) is 18.6. The van der Waals surface area contributed by atoms with Crippen LogP contribution in [0.3, 0.4) is 0 Å². The molecule has 0 bridgehead atoms. The summed E-state index contributed by atoms with van der Waals surface area (Å²) in [5, 5.41) is 23.2. The van der Waals surface area contributed by atoms with Crippen LogP contribution in [-0.4, -0.2) is 59.9 Å². The minimum absolute atomic E-state index is 0.0399. The molecule has 4 unspecified atom stereocenters. The number of carbonyl (C=O) groups is 1. The van der Waals surface area contributed by atoms with Crippen LogP contribution in [0, 0.1) is 11.8 Å². The summed E-state index contributed by atoms with van der Waals surface area (Å²) in [5.74, 6) is 2.31. The van der Waals surface area contributed by atoms with Gasteiger partial charge < -0.3 is 29.9 Å². The Labute approximate surface area is 267 Å². The first-order chi connectivity index (χ1) is 22.0. The van der Waals surface area contributed by atoms with Gasteiger partial charge in [0.25, 0.3) is 0 Å². The Hall–Kier alpha value is -3.59. The Bertz CT molecular complexity index is 1500. The summed E-state index contributed by atoms with van der Waals surface area (Å²) in [4.78, 5) is 18.6. The van der Waals surface area contributed by atoms with E-state index in [0.717, 1.165) is 73.2 Å². The first-order valence-electron chi connectivity index (χ1n) is 16.4. The highest BCUT2D eigenvalue weighted by Gasteiger charge is 2.42. The number of piperidine rings is 1. The van der Waals surface area contributed by atoms with E-state index >= 15 is 0 Å². The van der Waals surface area contributed by atoms with Gasteiger partial charge >= 0.3 is 6.03 Å². The van der Waals surface area contributed by atoms with Crippen molar-refractivity contribution >= 4 is 6.03 Å².